The Morgan fingerprint density at radius 1 is 1.29 bits per heavy atom. The molecular formula is C18H20N4O2. The highest BCUT2D eigenvalue weighted by Crippen LogP contribution is 2.17. The van der Waals surface area contributed by atoms with E-state index in [1.165, 1.54) is 0 Å². The van der Waals surface area contributed by atoms with Crippen molar-refractivity contribution in [1.82, 2.24) is 14.8 Å². The summed E-state index contributed by atoms with van der Waals surface area (Å²) in [6.07, 6.45) is 3.13. The van der Waals surface area contributed by atoms with Crippen molar-refractivity contribution in [2.24, 2.45) is 0 Å². The van der Waals surface area contributed by atoms with Crippen molar-refractivity contribution < 1.29 is 9.53 Å². The second-order valence-electron chi connectivity index (χ2n) is 5.48. The van der Waals surface area contributed by atoms with Gasteiger partial charge in [0.2, 0.25) is 0 Å². The number of nitrogens with zero attached hydrogens (tertiary/aromatic N) is 3. The Morgan fingerprint density at radius 3 is 2.96 bits per heavy atom. The Morgan fingerprint density at radius 2 is 2.12 bits per heavy atom. The fourth-order valence-corrected chi connectivity index (χ4v) is 2.54. The predicted octanol–water partition coefficient (Wildman–Crippen LogP) is 2.84. The van der Waals surface area contributed by atoms with E-state index in [1.807, 2.05) is 43.5 Å². The first kappa shape index (κ1) is 16.1. The lowest BCUT2D eigenvalue weighted by molar-refractivity contribution is -0.126. The first-order valence-corrected chi connectivity index (χ1v) is 7.96. The molecule has 1 aromatic carbocycles. The van der Waals surface area contributed by atoms with Gasteiger partial charge in [-0.2, -0.15) is 5.10 Å². The average molecular weight is 324 g/mol. The number of aromatic nitrogens is 3. The number of benzene rings is 1. The monoisotopic (exact) mass is 324 g/mol. The molecule has 0 spiro atoms. The number of ether oxygens (including phenoxy) is 1. The van der Waals surface area contributed by atoms with E-state index in [0.717, 1.165) is 16.5 Å². The van der Waals surface area contributed by atoms with Crippen molar-refractivity contribution in [3.05, 3.63) is 54.4 Å². The van der Waals surface area contributed by atoms with E-state index in [0.29, 0.717) is 19.0 Å². The van der Waals surface area contributed by atoms with Crippen LogP contribution in [0.25, 0.3) is 10.9 Å². The smallest absolute Gasteiger partial charge is 0.254 e. The fraction of sp³-hybridized carbons (Fsp3) is 0.278. The van der Waals surface area contributed by atoms with E-state index >= 15 is 0 Å². The predicted molar refractivity (Wildman–Crippen MR) is 92.8 cm³/mol. The summed E-state index contributed by atoms with van der Waals surface area (Å²) in [5.41, 5.74) is 2.04. The number of anilines is 1. The Labute approximate surface area is 140 Å². The molecule has 6 heteroatoms. The molecule has 3 rings (SSSR count). The van der Waals surface area contributed by atoms with Gasteiger partial charge in [0.25, 0.3) is 5.91 Å². The summed E-state index contributed by atoms with van der Waals surface area (Å²) >= 11 is 0. The summed E-state index contributed by atoms with van der Waals surface area (Å²) in [4.78, 5) is 16.4. The van der Waals surface area contributed by atoms with Crippen LogP contribution in [0.5, 0.6) is 0 Å². The van der Waals surface area contributed by atoms with E-state index in [1.54, 1.807) is 23.9 Å². The van der Waals surface area contributed by atoms with Crippen molar-refractivity contribution in [3.8, 4) is 0 Å². The molecule has 0 saturated carbocycles. The first-order chi connectivity index (χ1) is 11.7. The van der Waals surface area contributed by atoms with Crippen LogP contribution in [0.1, 0.15) is 19.4 Å². The second-order valence-corrected chi connectivity index (χ2v) is 5.48. The van der Waals surface area contributed by atoms with E-state index in [4.69, 9.17) is 4.74 Å². The van der Waals surface area contributed by atoms with Gasteiger partial charge in [0.1, 0.15) is 6.10 Å². The minimum Gasteiger partial charge on any atom is -0.369 e. The molecule has 0 aliphatic carbocycles. The van der Waals surface area contributed by atoms with Gasteiger partial charge < -0.3 is 10.1 Å². The molecule has 2 aromatic heterocycles. The average Bonchev–Trinajstić information content (AvgIpc) is 3.02. The molecule has 0 radical (unpaired) electrons. The van der Waals surface area contributed by atoms with Crippen molar-refractivity contribution in [2.45, 2.75) is 26.5 Å². The van der Waals surface area contributed by atoms with Crippen molar-refractivity contribution in [1.29, 1.82) is 0 Å². The topological polar surface area (TPSA) is 69.0 Å². The molecule has 1 amide bonds. The van der Waals surface area contributed by atoms with Crippen molar-refractivity contribution in [2.75, 3.05) is 11.9 Å². The number of rotatable bonds is 6. The van der Waals surface area contributed by atoms with E-state index < -0.39 is 6.10 Å². The van der Waals surface area contributed by atoms with Crippen LogP contribution in [0.4, 0.5) is 5.82 Å². The second kappa shape index (κ2) is 7.23. The lowest BCUT2D eigenvalue weighted by Gasteiger charge is -2.10. The molecule has 1 atom stereocenters. The zero-order valence-corrected chi connectivity index (χ0v) is 13.8. The normalized spacial score (nSPS) is 12.2. The van der Waals surface area contributed by atoms with Crippen LogP contribution in [-0.2, 0) is 16.1 Å². The number of carbonyl (C=O) groups is 1. The van der Waals surface area contributed by atoms with E-state index in [2.05, 4.69) is 15.4 Å². The minimum atomic E-state index is -0.498. The minimum absolute atomic E-state index is 0.200. The number of nitrogens with one attached hydrogen (secondary N) is 1. The summed E-state index contributed by atoms with van der Waals surface area (Å²) in [6.45, 7) is 4.66. The third kappa shape index (κ3) is 3.60. The van der Waals surface area contributed by atoms with Crippen LogP contribution in [0.2, 0.25) is 0 Å². The fourth-order valence-electron chi connectivity index (χ4n) is 2.54. The van der Waals surface area contributed by atoms with Gasteiger partial charge in [-0.1, -0.05) is 24.3 Å². The van der Waals surface area contributed by atoms with Gasteiger partial charge >= 0.3 is 0 Å². The van der Waals surface area contributed by atoms with Gasteiger partial charge in [0.05, 0.1) is 12.1 Å². The zero-order chi connectivity index (χ0) is 16.9. The molecule has 0 aliphatic rings. The number of hydrogen-bond acceptors (Lipinski definition) is 4. The summed E-state index contributed by atoms with van der Waals surface area (Å²) in [5, 5.41) is 8.25. The maximum absolute atomic E-state index is 11.9. The van der Waals surface area contributed by atoms with Crippen LogP contribution in [0.3, 0.4) is 0 Å². The number of fused-ring (bicyclic) bond motifs is 1. The number of carbonyl (C=O) groups excluding carboxylic acids is 1. The standard InChI is InChI=1S/C18H20N4O2/c1-3-24-13(2)18(23)20-16-9-11-22(21-16)12-15-7-4-6-14-8-5-10-19-17(14)15/h4-11,13H,3,12H2,1-2H3,(H,20,21,23)/t13-/m1/s1. The Kier molecular flexibility index (Phi) is 4.86. The summed E-state index contributed by atoms with van der Waals surface area (Å²) in [6, 6.07) is 11.8. The lowest BCUT2D eigenvalue weighted by Crippen LogP contribution is -2.27. The molecule has 0 unspecified atom stereocenters. The Bertz CT molecular complexity index is 838. The van der Waals surface area contributed by atoms with Crippen LogP contribution in [0.15, 0.2) is 48.8 Å². The number of hydrogen-bond donors (Lipinski definition) is 1. The lowest BCUT2D eigenvalue weighted by atomic mass is 10.1. The maximum atomic E-state index is 11.9. The zero-order valence-electron chi connectivity index (χ0n) is 13.8. The maximum Gasteiger partial charge on any atom is 0.254 e. The quantitative estimate of drug-likeness (QED) is 0.757. The van der Waals surface area contributed by atoms with Crippen LogP contribution >= 0.6 is 0 Å². The molecule has 1 N–H and O–H groups in total. The molecule has 0 bridgehead atoms. The van der Waals surface area contributed by atoms with Gasteiger partial charge in [0, 0.05) is 30.5 Å². The van der Waals surface area contributed by atoms with Gasteiger partial charge in [-0.05, 0) is 25.5 Å². The molecular weight excluding hydrogens is 304 g/mol. The van der Waals surface area contributed by atoms with Crippen molar-refractivity contribution >= 4 is 22.6 Å². The highest BCUT2D eigenvalue weighted by Gasteiger charge is 2.14. The summed E-state index contributed by atoms with van der Waals surface area (Å²) in [7, 11) is 0. The van der Waals surface area contributed by atoms with Crippen LogP contribution in [0, 0.1) is 0 Å². The molecule has 6 nitrogen and oxygen atoms in total. The molecule has 3 aromatic rings. The van der Waals surface area contributed by atoms with Crippen LogP contribution in [-0.4, -0.2) is 33.4 Å². The third-order valence-corrected chi connectivity index (χ3v) is 3.73. The first-order valence-electron chi connectivity index (χ1n) is 7.96. The summed E-state index contributed by atoms with van der Waals surface area (Å²) < 4.78 is 7.05. The highest BCUT2D eigenvalue weighted by atomic mass is 16.5. The molecule has 0 saturated heterocycles. The molecule has 24 heavy (non-hydrogen) atoms. The number of para-hydroxylation sites is 1. The molecule has 0 fully saturated rings. The van der Waals surface area contributed by atoms with E-state index in [-0.39, 0.29) is 5.91 Å². The number of amides is 1. The molecule has 0 aliphatic heterocycles. The van der Waals surface area contributed by atoms with Gasteiger partial charge in [-0.3, -0.25) is 14.5 Å². The SMILES string of the molecule is CCO[C@H](C)C(=O)Nc1ccn(Cc2cccc3cccnc23)n1. The number of pyridine rings is 1. The summed E-state index contributed by atoms with van der Waals surface area (Å²) in [5.74, 6) is 0.314. The Balaban J connectivity index is 1.73. The third-order valence-electron chi connectivity index (χ3n) is 3.73. The Hall–Kier alpha value is -2.73. The van der Waals surface area contributed by atoms with Gasteiger partial charge in [0.15, 0.2) is 5.82 Å². The van der Waals surface area contributed by atoms with Crippen LogP contribution < -0.4 is 5.32 Å². The highest BCUT2D eigenvalue weighted by molar-refractivity contribution is 5.93. The molecule has 2 heterocycles. The van der Waals surface area contributed by atoms with E-state index in [9.17, 15) is 4.79 Å². The van der Waals surface area contributed by atoms with Crippen molar-refractivity contribution in [3.63, 3.8) is 0 Å². The largest absolute Gasteiger partial charge is 0.369 e. The molecule has 124 valence electrons. The van der Waals surface area contributed by atoms with Gasteiger partial charge in [-0.15, -0.1) is 0 Å². The van der Waals surface area contributed by atoms with Gasteiger partial charge in [-0.25, -0.2) is 0 Å².